The van der Waals surface area contributed by atoms with Gasteiger partial charge in [0.05, 0.1) is 44.7 Å². The van der Waals surface area contributed by atoms with E-state index >= 15 is 0 Å². The zero-order valence-electron chi connectivity index (χ0n) is 10.6. The number of hydrogen-bond donors (Lipinski definition) is 0. The van der Waals surface area contributed by atoms with Gasteiger partial charge in [0, 0.05) is 5.92 Å². The van der Waals surface area contributed by atoms with Crippen molar-refractivity contribution in [2.24, 2.45) is 5.92 Å². The Morgan fingerprint density at radius 2 is 1.61 bits per heavy atom. The summed E-state index contributed by atoms with van der Waals surface area (Å²) in [5, 5.41) is 0. The van der Waals surface area contributed by atoms with Crippen molar-refractivity contribution in [1.82, 2.24) is 0 Å². The van der Waals surface area contributed by atoms with E-state index in [0.717, 1.165) is 19.6 Å². The van der Waals surface area contributed by atoms with E-state index in [0.29, 0.717) is 31.3 Å². The second-order valence-corrected chi connectivity index (χ2v) is 5.79. The first-order valence-corrected chi connectivity index (χ1v) is 6.93. The van der Waals surface area contributed by atoms with Gasteiger partial charge in [0.15, 0.2) is 0 Å². The van der Waals surface area contributed by atoms with Gasteiger partial charge in [-0.25, -0.2) is 0 Å². The van der Waals surface area contributed by atoms with E-state index in [1.165, 1.54) is 0 Å². The zero-order chi connectivity index (χ0) is 12.1. The molecule has 0 N–H and O–H groups in total. The Kier molecular flexibility index (Phi) is 2.85. The Morgan fingerprint density at radius 1 is 1.00 bits per heavy atom. The van der Waals surface area contributed by atoms with Crippen LogP contribution in [0.4, 0.5) is 0 Å². The van der Waals surface area contributed by atoms with Gasteiger partial charge in [-0.15, -0.1) is 0 Å². The molecule has 0 radical (unpaired) electrons. The van der Waals surface area contributed by atoms with Gasteiger partial charge in [-0.1, -0.05) is 0 Å². The van der Waals surface area contributed by atoms with Crippen LogP contribution in [0.15, 0.2) is 0 Å². The molecule has 2 bridgehead atoms. The lowest BCUT2D eigenvalue weighted by atomic mass is 9.99. The maximum atomic E-state index is 6.03. The largest absolute Gasteiger partial charge is 0.372 e. The summed E-state index contributed by atoms with van der Waals surface area (Å²) in [5.74, 6) is 0.471. The Morgan fingerprint density at radius 3 is 2.22 bits per heavy atom. The summed E-state index contributed by atoms with van der Waals surface area (Å²) in [6, 6.07) is 0. The van der Waals surface area contributed by atoms with Crippen molar-refractivity contribution >= 4 is 0 Å². The smallest absolute Gasteiger partial charge is 0.110 e. The van der Waals surface area contributed by atoms with E-state index in [1.54, 1.807) is 0 Å². The van der Waals surface area contributed by atoms with Crippen molar-refractivity contribution in [1.29, 1.82) is 0 Å². The minimum Gasteiger partial charge on any atom is -0.372 e. The molecular weight excluding hydrogens is 236 g/mol. The van der Waals surface area contributed by atoms with Gasteiger partial charge < -0.3 is 23.7 Å². The molecule has 3 heterocycles. The molecule has 0 aromatic rings. The molecule has 1 saturated carbocycles. The summed E-state index contributed by atoms with van der Waals surface area (Å²) in [6.45, 7) is 5.18. The first-order valence-electron chi connectivity index (χ1n) is 6.93. The quantitative estimate of drug-likeness (QED) is 0.642. The fourth-order valence-electron chi connectivity index (χ4n) is 3.15. The van der Waals surface area contributed by atoms with Crippen molar-refractivity contribution in [3.63, 3.8) is 0 Å². The number of epoxide rings is 2. The van der Waals surface area contributed by atoms with Gasteiger partial charge >= 0.3 is 0 Å². The molecule has 0 aromatic carbocycles. The van der Waals surface area contributed by atoms with Crippen LogP contribution in [0.25, 0.3) is 0 Å². The molecule has 1 aliphatic carbocycles. The van der Waals surface area contributed by atoms with Crippen LogP contribution in [0.2, 0.25) is 0 Å². The minimum atomic E-state index is 0.0779. The molecular formula is C13H20O5. The van der Waals surface area contributed by atoms with Gasteiger partial charge in [-0.3, -0.25) is 0 Å². The molecule has 5 heteroatoms. The molecule has 3 saturated heterocycles. The molecule has 4 fully saturated rings. The zero-order valence-corrected chi connectivity index (χ0v) is 10.6. The monoisotopic (exact) mass is 256 g/mol. The lowest BCUT2D eigenvalue weighted by Gasteiger charge is -2.34. The molecule has 18 heavy (non-hydrogen) atoms. The van der Waals surface area contributed by atoms with E-state index in [2.05, 4.69) is 6.92 Å². The Balaban J connectivity index is 1.37. The van der Waals surface area contributed by atoms with Crippen LogP contribution in [-0.4, -0.2) is 63.1 Å². The summed E-state index contributed by atoms with van der Waals surface area (Å²) in [5.41, 5.74) is 0. The summed E-state index contributed by atoms with van der Waals surface area (Å²) in [7, 11) is 0. The average Bonchev–Trinajstić information content (AvgIpc) is 3.26. The molecule has 3 aliphatic heterocycles. The fourth-order valence-corrected chi connectivity index (χ4v) is 3.15. The second-order valence-electron chi connectivity index (χ2n) is 5.79. The molecule has 0 aromatic heterocycles. The lowest BCUT2D eigenvalue weighted by Crippen LogP contribution is -2.46. The first kappa shape index (κ1) is 11.6. The van der Waals surface area contributed by atoms with Gasteiger partial charge in [-0.05, 0) is 13.3 Å². The third-order valence-electron chi connectivity index (χ3n) is 4.36. The number of ether oxygens (including phenoxy) is 5. The third kappa shape index (κ3) is 2.18. The number of rotatable bonds is 6. The van der Waals surface area contributed by atoms with E-state index in [9.17, 15) is 0 Å². The van der Waals surface area contributed by atoms with Crippen molar-refractivity contribution in [3.8, 4) is 0 Å². The molecule has 4 aliphatic rings. The molecule has 5 nitrogen and oxygen atoms in total. The van der Waals surface area contributed by atoms with E-state index in [-0.39, 0.29) is 24.4 Å². The topological polar surface area (TPSA) is 52.8 Å². The van der Waals surface area contributed by atoms with Crippen molar-refractivity contribution < 1.29 is 23.7 Å². The van der Waals surface area contributed by atoms with E-state index in [1.807, 2.05) is 0 Å². The normalized spacial score (nSPS) is 52.8. The highest BCUT2D eigenvalue weighted by Gasteiger charge is 2.54. The van der Waals surface area contributed by atoms with Gasteiger partial charge in [0.1, 0.15) is 18.3 Å². The maximum Gasteiger partial charge on any atom is 0.110 e. The van der Waals surface area contributed by atoms with Gasteiger partial charge in [0.2, 0.25) is 0 Å². The van der Waals surface area contributed by atoms with Crippen LogP contribution in [0.5, 0.6) is 0 Å². The van der Waals surface area contributed by atoms with Gasteiger partial charge in [-0.2, -0.15) is 0 Å². The summed E-state index contributed by atoms with van der Waals surface area (Å²) in [4.78, 5) is 0. The van der Waals surface area contributed by atoms with Crippen LogP contribution in [-0.2, 0) is 23.7 Å². The summed E-state index contributed by atoms with van der Waals surface area (Å²) >= 11 is 0. The highest BCUT2D eigenvalue weighted by atomic mass is 16.6. The number of fused-ring (bicyclic) bond motifs is 2. The molecule has 0 amide bonds. The maximum absolute atomic E-state index is 6.03. The van der Waals surface area contributed by atoms with Crippen LogP contribution in [0, 0.1) is 5.92 Å². The summed E-state index contributed by atoms with van der Waals surface area (Å²) in [6.07, 6.45) is 2.41. The van der Waals surface area contributed by atoms with Crippen molar-refractivity contribution in [3.05, 3.63) is 0 Å². The van der Waals surface area contributed by atoms with E-state index in [4.69, 9.17) is 23.7 Å². The van der Waals surface area contributed by atoms with Crippen molar-refractivity contribution in [2.75, 3.05) is 26.4 Å². The average molecular weight is 256 g/mol. The lowest BCUT2D eigenvalue weighted by molar-refractivity contribution is -0.167. The molecule has 7 atom stereocenters. The van der Waals surface area contributed by atoms with Gasteiger partial charge in [0.25, 0.3) is 0 Å². The van der Waals surface area contributed by atoms with Crippen molar-refractivity contribution in [2.45, 2.75) is 50.0 Å². The molecule has 0 spiro atoms. The van der Waals surface area contributed by atoms with E-state index < -0.39 is 0 Å². The second kappa shape index (κ2) is 4.42. The minimum absolute atomic E-state index is 0.0779. The molecule has 4 rings (SSSR count). The standard InChI is InChI=1S/C13H20O5/c1-7-10-2-11(18-7)13(17-6-9-4-15-9)12(10)16-5-8-3-14-8/h7-13H,2-6H2,1H3. The predicted octanol–water partition coefficient (Wildman–Crippen LogP) is 0.362. The molecule has 7 unspecified atom stereocenters. The fraction of sp³-hybridized carbons (Fsp3) is 1.00. The SMILES string of the molecule is CC1OC2CC1C(OCC1CO1)C2OCC1CO1. The van der Waals surface area contributed by atoms with Crippen LogP contribution < -0.4 is 0 Å². The Labute approximate surface area is 107 Å². The first-order chi connectivity index (χ1) is 8.81. The highest BCUT2D eigenvalue weighted by Crippen LogP contribution is 2.43. The third-order valence-corrected chi connectivity index (χ3v) is 4.36. The van der Waals surface area contributed by atoms with Crippen LogP contribution in [0.1, 0.15) is 13.3 Å². The van der Waals surface area contributed by atoms with Crippen LogP contribution in [0.3, 0.4) is 0 Å². The predicted molar refractivity (Wildman–Crippen MR) is 61.4 cm³/mol. The highest BCUT2D eigenvalue weighted by molar-refractivity contribution is 5.02. The summed E-state index contributed by atoms with van der Waals surface area (Å²) < 4.78 is 28.3. The number of hydrogen-bond acceptors (Lipinski definition) is 5. The Hall–Kier alpha value is -0.200. The van der Waals surface area contributed by atoms with Crippen LogP contribution >= 0.6 is 0 Å². The molecule has 102 valence electrons. The Bertz CT molecular complexity index is 315.